The fraction of sp³-hybridized carbons (Fsp3) is 0.348. The Morgan fingerprint density at radius 2 is 1.88 bits per heavy atom. The summed E-state index contributed by atoms with van der Waals surface area (Å²) >= 11 is 6.24. The Balaban J connectivity index is 1.51. The molecule has 1 aliphatic rings. The molecule has 0 atom stereocenters. The number of hydrogen-bond acceptors (Lipinski definition) is 5. The first kappa shape index (κ1) is 22.7. The third kappa shape index (κ3) is 4.12. The lowest BCUT2D eigenvalue weighted by atomic mass is 10.1. The van der Waals surface area contributed by atoms with Crippen molar-refractivity contribution in [1.82, 2.24) is 24.2 Å². The van der Waals surface area contributed by atoms with Gasteiger partial charge in [0.2, 0.25) is 5.89 Å². The third-order valence-corrected chi connectivity index (χ3v) is 6.47. The van der Waals surface area contributed by atoms with E-state index in [9.17, 15) is 13.6 Å². The van der Waals surface area contributed by atoms with Crippen molar-refractivity contribution < 1.29 is 17.6 Å². The van der Waals surface area contributed by atoms with E-state index in [4.69, 9.17) is 16.0 Å². The summed E-state index contributed by atoms with van der Waals surface area (Å²) in [5.41, 5.74) is 1.59. The van der Waals surface area contributed by atoms with E-state index in [1.54, 1.807) is 22.8 Å². The largest absolute Gasteiger partial charge is 0.415 e. The molecule has 34 heavy (non-hydrogen) atoms. The smallest absolute Gasteiger partial charge is 0.329 e. The summed E-state index contributed by atoms with van der Waals surface area (Å²) in [5.74, 6) is -1.65. The average Bonchev–Trinajstić information content (AvgIpc) is 3.40. The van der Waals surface area contributed by atoms with Gasteiger partial charge in [0.1, 0.15) is 5.82 Å². The fourth-order valence-corrected chi connectivity index (χ4v) is 4.60. The summed E-state index contributed by atoms with van der Waals surface area (Å²) in [7, 11) is 2.05. The highest BCUT2D eigenvalue weighted by Crippen LogP contribution is 2.29. The summed E-state index contributed by atoms with van der Waals surface area (Å²) in [4.78, 5) is 15.7. The van der Waals surface area contributed by atoms with Crippen molar-refractivity contribution in [2.24, 2.45) is 0 Å². The molecule has 2 aromatic heterocycles. The molecule has 1 aliphatic heterocycles. The summed E-state index contributed by atoms with van der Waals surface area (Å²) in [6.45, 7) is 1.75. The number of benzene rings is 2. The van der Waals surface area contributed by atoms with Crippen LogP contribution in [0.5, 0.6) is 0 Å². The number of halogens is 4. The second-order valence-corrected chi connectivity index (χ2v) is 8.89. The first-order valence-corrected chi connectivity index (χ1v) is 11.2. The predicted molar refractivity (Wildman–Crippen MR) is 121 cm³/mol. The van der Waals surface area contributed by atoms with Gasteiger partial charge in [-0.2, -0.15) is 8.78 Å². The number of nitrogens with zero attached hydrogens (tertiary/aromatic N) is 5. The molecular weight excluding hydrogens is 471 g/mol. The van der Waals surface area contributed by atoms with Crippen LogP contribution >= 0.6 is 11.6 Å². The molecule has 7 nitrogen and oxygen atoms in total. The molecule has 0 amide bonds. The molecule has 178 valence electrons. The van der Waals surface area contributed by atoms with E-state index in [0.29, 0.717) is 10.5 Å². The maximum absolute atomic E-state index is 15.0. The van der Waals surface area contributed by atoms with Crippen LogP contribution in [0.2, 0.25) is 5.02 Å². The molecule has 3 heterocycles. The number of hydrogen-bond donors (Lipinski definition) is 0. The molecule has 1 saturated heterocycles. The van der Waals surface area contributed by atoms with Crippen molar-refractivity contribution in [2.45, 2.75) is 31.9 Å². The number of likely N-dealkylation sites (tertiary alicyclic amines) is 1. The lowest BCUT2D eigenvalue weighted by Gasteiger charge is -2.29. The molecule has 0 saturated carbocycles. The van der Waals surface area contributed by atoms with Gasteiger partial charge in [0.15, 0.2) is 0 Å². The minimum Gasteiger partial charge on any atom is -0.415 e. The highest BCUT2D eigenvalue weighted by atomic mass is 35.5. The quantitative estimate of drug-likeness (QED) is 0.397. The minimum atomic E-state index is -2.91. The molecule has 5 rings (SSSR count). The zero-order chi connectivity index (χ0) is 24.0. The molecule has 0 spiro atoms. The molecular formula is C23H21ClF3N5O2. The average molecular weight is 492 g/mol. The number of piperidine rings is 1. The van der Waals surface area contributed by atoms with Gasteiger partial charge >= 0.3 is 12.1 Å². The van der Waals surface area contributed by atoms with Crippen LogP contribution in [0.1, 0.15) is 36.8 Å². The maximum atomic E-state index is 15.0. The van der Waals surface area contributed by atoms with Gasteiger partial charge in [0.25, 0.3) is 5.89 Å². The molecule has 0 N–H and O–H groups in total. The van der Waals surface area contributed by atoms with Crippen LogP contribution in [0.4, 0.5) is 13.2 Å². The van der Waals surface area contributed by atoms with Gasteiger partial charge in [0.05, 0.1) is 17.6 Å². The van der Waals surface area contributed by atoms with Crippen molar-refractivity contribution >= 4 is 22.6 Å². The zero-order valence-corrected chi connectivity index (χ0v) is 19.0. The summed E-state index contributed by atoms with van der Waals surface area (Å²) in [6.07, 6.45) is -1.25. The normalized spacial score (nSPS) is 15.6. The van der Waals surface area contributed by atoms with Crippen LogP contribution in [0.25, 0.3) is 22.5 Å². The third-order valence-electron chi connectivity index (χ3n) is 6.23. The van der Waals surface area contributed by atoms with Gasteiger partial charge in [-0.1, -0.05) is 17.7 Å². The Kier molecular flexibility index (Phi) is 5.95. The van der Waals surface area contributed by atoms with E-state index >= 15 is 4.39 Å². The summed E-state index contributed by atoms with van der Waals surface area (Å²) < 4.78 is 48.6. The number of aromatic nitrogens is 4. The van der Waals surface area contributed by atoms with Crippen molar-refractivity contribution in [3.63, 3.8) is 0 Å². The predicted octanol–water partition coefficient (Wildman–Crippen LogP) is 4.90. The highest BCUT2D eigenvalue weighted by molar-refractivity contribution is 6.31. The number of rotatable bonds is 5. The van der Waals surface area contributed by atoms with Crippen LogP contribution in [0, 0.1) is 5.82 Å². The van der Waals surface area contributed by atoms with Crippen molar-refractivity contribution in [1.29, 1.82) is 0 Å². The first-order valence-electron chi connectivity index (χ1n) is 10.8. The molecule has 1 fully saturated rings. The Labute approximate surface area is 197 Å². The minimum absolute atomic E-state index is 0.00514. The Morgan fingerprint density at radius 1 is 1.12 bits per heavy atom. The SMILES string of the molecule is CN1CCC(n2c(=O)n(Cc3ccc(-c4nnc(C(F)F)o4)cc3F)c3ccc(Cl)cc32)CC1. The maximum Gasteiger partial charge on any atom is 0.329 e. The van der Waals surface area contributed by atoms with Crippen LogP contribution in [0.3, 0.4) is 0 Å². The molecule has 0 aliphatic carbocycles. The number of fused-ring (bicyclic) bond motifs is 1. The van der Waals surface area contributed by atoms with E-state index in [0.717, 1.165) is 37.5 Å². The second-order valence-electron chi connectivity index (χ2n) is 8.46. The Morgan fingerprint density at radius 3 is 2.56 bits per heavy atom. The second kappa shape index (κ2) is 8.92. The molecule has 0 bridgehead atoms. The zero-order valence-electron chi connectivity index (χ0n) is 18.2. The Hall–Kier alpha value is -3.11. The van der Waals surface area contributed by atoms with E-state index < -0.39 is 18.1 Å². The topological polar surface area (TPSA) is 69.1 Å². The van der Waals surface area contributed by atoms with E-state index in [-0.39, 0.29) is 35.3 Å². The van der Waals surface area contributed by atoms with Crippen molar-refractivity contribution in [3.05, 3.63) is 69.2 Å². The van der Waals surface area contributed by atoms with Gasteiger partial charge in [-0.25, -0.2) is 9.18 Å². The number of imidazole rings is 1. The molecule has 4 aromatic rings. The van der Waals surface area contributed by atoms with Gasteiger partial charge in [-0.05, 0) is 63.3 Å². The highest BCUT2D eigenvalue weighted by Gasteiger charge is 2.25. The summed E-state index contributed by atoms with van der Waals surface area (Å²) in [6, 6.07) is 9.38. The molecule has 2 aromatic carbocycles. The Bertz CT molecular complexity index is 1410. The molecule has 11 heteroatoms. The monoisotopic (exact) mass is 491 g/mol. The van der Waals surface area contributed by atoms with E-state index in [1.165, 1.54) is 16.7 Å². The summed E-state index contributed by atoms with van der Waals surface area (Å²) in [5, 5.41) is 7.33. The standard InChI is InChI=1S/C23H21ClF3N5O2/c1-30-8-6-16(7-9-30)32-19-11-15(24)4-5-18(19)31(23(32)33)12-14-3-2-13(10-17(14)25)21-28-29-22(34-21)20(26)27/h2-5,10-11,16,20H,6-9,12H2,1H3. The van der Waals surface area contributed by atoms with Crippen LogP contribution < -0.4 is 5.69 Å². The van der Waals surface area contributed by atoms with Crippen LogP contribution in [-0.2, 0) is 6.54 Å². The lowest BCUT2D eigenvalue weighted by molar-refractivity contribution is 0.116. The fourth-order valence-electron chi connectivity index (χ4n) is 4.43. The van der Waals surface area contributed by atoms with Crippen LogP contribution in [0.15, 0.2) is 45.6 Å². The van der Waals surface area contributed by atoms with Crippen molar-refractivity contribution in [2.75, 3.05) is 20.1 Å². The number of alkyl halides is 2. The van der Waals surface area contributed by atoms with Gasteiger partial charge in [0, 0.05) is 22.2 Å². The van der Waals surface area contributed by atoms with E-state index in [2.05, 4.69) is 15.1 Å². The van der Waals surface area contributed by atoms with Gasteiger partial charge in [-0.3, -0.25) is 9.13 Å². The van der Waals surface area contributed by atoms with Crippen molar-refractivity contribution in [3.8, 4) is 11.5 Å². The molecule has 0 unspecified atom stereocenters. The van der Waals surface area contributed by atoms with E-state index in [1.807, 2.05) is 7.05 Å². The lowest BCUT2D eigenvalue weighted by Crippen LogP contribution is -2.36. The first-order chi connectivity index (χ1) is 16.3. The van der Waals surface area contributed by atoms with Crippen LogP contribution in [-0.4, -0.2) is 44.4 Å². The molecule has 0 radical (unpaired) electrons. The van der Waals surface area contributed by atoms with Gasteiger partial charge < -0.3 is 9.32 Å². The van der Waals surface area contributed by atoms with Gasteiger partial charge in [-0.15, -0.1) is 10.2 Å².